The van der Waals surface area contributed by atoms with Crippen molar-refractivity contribution in [1.29, 1.82) is 0 Å². The summed E-state index contributed by atoms with van der Waals surface area (Å²) in [5.74, 6) is 2.22. The number of pyridine rings is 1. The summed E-state index contributed by atoms with van der Waals surface area (Å²) < 4.78 is 5.20. The van der Waals surface area contributed by atoms with Gasteiger partial charge in [0.2, 0.25) is 0 Å². The first kappa shape index (κ1) is 7.64. The van der Waals surface area contributed by atoms with Gasteiger partial charge in [0.25, 0.3) is 0 Å². The molecule has 0 spiro atoms. The molecule has 0 amide bonds. The molecule has 5 heteroatoms. The van der Waals surface area contributed by atoms with Crippen molar-refractivity contribution in [2.75, 3.05) is 0 Å². The zero-order valence-corrected chi connectivity index (χ0v) is 7.27. The molecule has 3 rings (SSSR count). The van der Waals surface area contributed by atoms with Crippen molar-refractivity contribution < 1.29 is 9.68 Å². The first-order chi connectivity index (χ1) is 6.84. The number of H-pyrrole nitrogens is 1. The van der Waals surface area contributed by atoms with Crippen LogP contribution in [-0.2, 0) is 0 Å². The van der Waals surface area contributed by atoms with Gasteiger partial charge >= 0.3 is 7.12 Å². The molecule has 2 aromatic heterocycles. The van der Waals surface area contributed by atoms with E-state index in [4.69, 9.17) is 4.65 Å². The zero-order valence-electron chi connectivity index (χ0n) is 7.27. The molecule has 1 aliphatic heterocycles. The molecule has 0 saturated carbocycles. The summed E-state index contributed by atoms with van der Waals surface area (Å²) in [5.41, 5.74) is 1.79. The first-order valence-electron chi connectivity index (χ1n) is 4.33. The fourth-order valence-electron chi connectivity index (χ4n) is 1.62. The lowest BCUT2D eigenvalue weighted by atomic mass is 9.86. The van der Waals surface area contributed by atoms with Crippen molar-refractivity contribution in [3.8, 4) is 5.75 Å². The topological polar surface area (TPSA) is 58.1 Å². The van der Waals surface area contributed by atoms with Crippen LogP contribution < -0.4 is 4.65 Å². The molecular weight excluding hydrogens is 179 g/mol. The Balaban J connectivity index is 2.33. The van der Waals surface area contributed by atoms with Crippen molar-refractivity contribution in [3.63, 3.8) is 0 Å². The van der Waals surface area contributed by atoms with Gasteiger partial charge in [-0.15, -0.1) is 0 Å². The molecule has 2 N–H and O–H groups in total. The van der Waals surface area contributed by atoms with E-state index in [2.05, 4.69) is 9.97 Å². The Morgan fingerprint density at radius 2 is 2.43 bits per heavy atom. The van der Waals surface area contributed by atoms with Crippen molar-refractivity contribution >= 4 is 24.2 Å². The Morgan fingerprint density at radius 3 is 3.36 bits per heavy atom. The third-order valence-corrected chi connectivity index (χ3v) is 2.27. The minimum Gasteiger partial charge on any atom is -0.531 e. The van der Waals surface area contributed by atoms with E-state index in [9.17, 15) is 5.02 Å². The molecule has 1 aliphatic rings. The zero-order chi connectivity index (χ0) is 9.54. The third-order valence-electron chi connectivity index (χ3n) is 2.27. The van der Waals surface area contributed by atoms with Crippen LogP contribution in [0.25, 0.3) is 17.1 Å². The second kappa shape index (κ2) is 2.62. The van der Waals surface area contributed by atoms with Crippen molar-refractivity contribution in [2.45, 2.75) is 0 Å². The molecule has 3 heterocycles. The molecule has 0 aliphatic carbocycles. The number of fused-ring (bicyclic) bond motifs is 3. The molecular formula is C9H7BN2O2. The predicted octanol–water partition coefficient (Wildman–Crippen LogP) is 0.988. The monoisotopic (exact) mass is 186 g/mol. The summed E-state index contributed by atoms with van der Waals surface area (Å²) in [4.78, 5) is 7.18. The molecule has 2 aromatic rings. The van der Waals surface area contributed by atoms with E-state index in [-0.39, 0.29) is 0 Å². The van der Waals surface area contributed by atoms with Gasteiger partial charge in [-0.3, -0.25) is 0 Å². The van der Waals surface area contributed by atoms with Crippen LogP contribution in [0, 0.1) is 0 Å². The Kier molecular flexibility index (Phi) is 1.43. The van der Waals surface area contributed by atoms with Crippen LogP contribution in [0.5, 0.6) is 5.75 Å². The van der Waals surface area contributed by atoms with E-state index in [1.807, 2.05) is 18.3 Å². The van der Waals surface area contributed by atoms with Crippen molar-refractivity contribution in [1.82, 2.24) is 9.97 Å². The summed E-state index contributed by atoms with van der Waals surface area (Å²) in [5, 5.41) is 10.2. The van der Waals surface area contributed by atoms with Crippen LogP contribution in [0.15, 0.2) is 24.4 Å². The Hall–Kier alpha value is -1.75. The standard InChI is InChI=1S/C9H7BN2O2/c13-10-3-1-6-7-2-4-11-9(7)12-5-8(6)14-10/h1-5,13H,(H,11,12). The Morgan fingerprint density at radius 1 is 1.50 bits per heavy atom. The normalized spacial score (nSPS) is 14.2. The molecule has 0 atom stereocenters. The van der Waals surface area contributed by atoms with E-state index in [1.165, 1.54) is 0 Å². The highest BCUT2D eigenvalue weighted by molar-refractivity contribution is 6.51. The van der Waals surface area contributed by atoms with Gasteiger partial charge in [-0.25, -0.2) is 4.98 Å². The number of nitrogens with zero attached hydrogens (tertiary/aromatic N) is 1. The van der Waals surface area contributed by atoms with Crippen LogP contribution in [0.3, 0.4) is 0 Å². The lowest BCUT2D eigenvalue weighted by molar-refractivity contribution is 0.428. The van der Waals surface area contributed by atoms with E-state index in [0.29, 0.717) is 5.75 Å². The largest absolute Gasteiger partial charge is 0.552 e. The van der Waals surface area contributed by atoms with Crippen LogP contribution in [-0.4, -0.2) is 22.1 Å². The first-order valence-corrected chi connectivity index (χ1v) is 4.33. The number of aromatic amines is 1. The number of rotatable bonds is 0. The van der Waals surface area contributed by atoms with E-state index in [1.54, 1.807) is 12.2 Å². The van der Waals surface area contributed by atoms with Crippen molar-refractivity contribution in [3.05, 3.63) is 30.0 Å². The number of aromatic nitrogens is 2. The average Bonchev–Trinajstić information content (AvgIpc) is 2.65. The highest BCUT2D eigenvalue weighted by Crippen LogP contribution is 2.29. The molecule has 0 fully saturated rings. The highest BCUT2D eigenvalue weighted by atomic mass is 16.5. The molecule has 0 bridgehead atoms. The van der Waals surface area contributed by atoms with E-state index < -0.39 is 7.12 Å². The highest BCUT2D eigenvalue weighted by Gasteiger charge is 2.19. The third kappa shape index (κ3) is 0.960. The quantitative estimate of drug-likeness (QED) is 0.603. The minimum atomic E-state index is -0.860. The second-order valence-corrected chi connectivity index (χ2v) is 3.14. The molecule has 0 unspecified atom stereocenters. The van der Waals surface area contributed by atoms with Gasteiger partial charge in [-0.1, -0.05) is 6.08 Å². The van der Waals surface area contributed by atoms with Gasteiger partial charge in [0.15, 0.2) is 0 Å². The van der Waals surface area contributed by atoms with Gasteiger partial charge in [0.05, 0.1) is 6.20 Å². The average molecular weight is 186 g/mol. The lowest BCUT2D eigenvalue weighted by Gasteiger charge is -2.14. The molecule has 0 radical (unpaired) electrons. The Bertz CT molecular complexity index is 521. The fourth-order valence-corrected chi connectivity index (χ4v) is 1.62. The number of hydrogen-bond donors (Lipinski definition) is 2. The fraction of sp³-hybridized carbons (Fsp3) is 0. The summed E-state index contributed by atoms with van der Waals surface area (Å²) >= 11 is 0. The van der Waals surface area contributed by atoms with E-state index in [0.717, 1.165) is 16.6 Å². The SMILES string of the molecule is OB1C=Cc2c(cnc3[nH]ccc23)O1. The molecule has 68 valence electrons. The van der Waals surface area contributed by atoms with Crippen LogP contribution >= 0.6 is 0 Å². The molecule has 0 aromatic carbocycles. The van der Waals surface area contributed by atoms with Crippen LogP contribution in [0.4, 0.5) is 0 Å². The smallest absolute Gasteiger partial charge is 0.531 e. The molecule has 4 nitrogen and oxygen atoms in total. The maximum atomic E-state index is 9.23. The van der Waals surface area contributed by atoms with Gasteiger partial charge in [0, 0.05) is 17.1 Å². The van der Waals surface area contributed by atoms with Crippen molar-refractivity contribution in [2.24, 2.45) is 0 Å². The van der Waals surface area contributed by atoms with Crippen LogP contribution in [0.1, 0.15) is 5.56 Å². The maximum absolute atomic E-state index is 9.23. The second-order valence-electron chi connectivity index (χ2n) is 3.14. The van der Waals surface area contributed by atoms with Gasteiger partial charge in [0.1, 0.15) is 11.4 Å². The summed E-state index contributed by atoms with van der Waals surface area (Å²) in [6.07, 6.45) is 5.29. The number of nitrogens with one attached hydrogen (secondary N) is 1. The summed E-state index contributed by atoms with van der Waals surface area (Å²) in [6, 6.07) is 1.94. The van der Waals surface area contributed by atoms with Gasteiger partial charge in [-0.05, 0) is 12.0 Å². The van der Waals surface area contributed by atoms with Gasteiger partial charge in [-0.2, -0.15) is 0 Å². The van der Waals surface area contributed by atoms with Crippen LogP contribution in [0.2, 0.25) is 0 Å². The summed E-state index contributed by atoms with van der Waals surface area (Å²) in [7, 11) is -0.860. The minimum absolute atomic E-state index is 0.618. The van der Waals surface area contributed by atoms with E-state index >= 15 is 0 Å². The number of hydrogen-bond acceptors (Lipinski definition) is 3. The predicted molar refractivity (Wildman–Crippen MR) is 53.7 cm³/mol. The summed E-state index contributed by atoms with van der Waals surface area (Å²) in [6.45, 7) is 0. The Labute approximate surface area is 80.4 Å². The maximum Gasteiger partial charge on any atom is 0.552 e. The molecule has 0 saturated heterocycles. The lowest BCUT2D eigenvalue weighted by Crippen LogP contribution is -2.21. The molecule has 14 heavy (non-hydrogen) atoms. The van der Waals surface area contributed by atoms with Gasteiger partial charge < -0.3 is 14.7 Å².